The van der Waals surface area contributed by atoms with E-state index in [4.69, 9.17) is 21.4 Å². The molecule has 0 aliphatic heterocycles. The van der Waals surface area contributed by atoms with E-state index in [2.05, 4.69) is 30.1 Å². The van der Waals surface area contributed by atoms with Crippen molar-refractivity contribution in [2.45, 2.75) is 13.5 Å². The molecule has 0 saturated heterocycles. The lowest BCUT2D eigenvalue weighted by atomic mass is 10.1. The zero-order chi connectivity index (χ0) is 21.4. The second-order valence-electron chi connectivity index (χ2n) is 7.49. The molecule has 152 valence electrons. The van der Waals surface area contributed by atoms with Crippen LogP contribution < -0.4 is 11.5 Å². The molecule has 4 N–H and O–H groups in total. The summed E-state index contributed by atoms with van der Waals surface area (Å²) in [5.41, 5.74) is 19.4. The number of aromatic nitrogens is 4. The van der Waals surface area contributed by atoms with Gasteiger partial charge < -0.3 is 11.5 Å². The molecule has 5 aromatic rings. The van der Waals surface area contributed by atoms with E-state index >= 15 is 0 Å². The van der Waals surface area contributed by atoms with Gasteiger partial charge in [0.05, 0.1) is 11.3 Å². The molecule has 0 atom stereocenters. The Bertz CT molecular complexity index is 1390. The van der Waals surface area contributed by atoms with Crippen LogP contribution >= 0.6 is 0 Å². The van der Waals surface area contributed by atoms with Crippen LogP contribution in [0.15, 0.2) is 79.0 Å². The van der Waals surface area contributed by atoms with E-state index in [0.29, 0.717) is 18.2 Å². The molecular weight excluding hydrogens is 384 g/mol. The fraction of sp³-hybridized carbons (Fsp3) is 0.0800. The largest absolute Gasteiger partial charge is 0.383 e. The van der Waals surface area contributed by atoms with E-state index in [1.165, 1.54) is 5.56 Å². The topological polar surface area (TPSA) is 95.6 Å². The van der Waals surface area contributed by atoms with Gasteiger partial charge in [0.25, 0.3) is 0 Å². The number of benzene rings is 2. The van der Waals surface area contributed by atoms with E-state index < -0.39 is 0 Å². The fourth-order valence-electron chi connectivity index (χ4n) is 3.74. The highest BCUT2D eigenvalue weighted by Crippen LogP contribution is 2.31. The second kappa shape index (κ2) is 7.66. The summed E-state index contributed by atoms with van der Waals surface area (Å²) in [4.78, 5) is 14.1. The minimum absolute atomic E-state index is 0.427. The maximum absolute atomic E-state index is 6.20. The highest BCUT2D eigenvalue weighted by atomic mass is 15.1. The van der Waals surface area contributed by atoms with E-state index in [-0.39, 0.29) is 0 Å². The molecular formula is C25H22N6. The molecule has 0 aliphatic carbocycles. The molecule has 0 aliphatic rings. The van der Waals surface area contributed by atoms with Crippen molar-refractivity contribution in [2.75, 3.05) is 5.73 Å². The van der Waals surface area contributed by atoms with Crippen molar-refractivity contribution in [3.05, 3.63) is 90.1 Å². The number of imidazole rings is 1. The molecule has 6 nitrogen and oxygen atoms in total. The van der Waals surface area contributed by atoms with Crippen LogP contribution in [0.1, 0.15) is 11.1 Å². The molecule has 6 heteroatoms. The highest BCUT2D eigenvalue weighted by Gasteiger charge is 2.18. The number of nitrogen functional groups attached to an aromatic ring is 1. The highest BCUT2D eigenvalue weighted by molar-refractivity contribution is 5.84. The second-order valence-corrected chi connectivity index (χ2v) is 7.49. The molecule has 3 aromatic heterocycles. The molecule has 0 fully saturated rings. The molecule has 0 amide bonds. The van der Waals surface area contributed by atoms with Gasteiger partial charge in [0.2, 0.25) is 0 Å². The first-order valence-electron chi connectivity index (χ1n) is 10.1. The summed E-state index contributed by atoms with van der Waals surface area (Å²) in [6.45, 7) is 2.57. The lowest BCUT2D eigenvalue weighted by Gasteiger charge is -2.11. The van der Waals surface area contributed by atoms with Crippen LogP contribution in [0, 0.1) is 6.92 Å². The molecule has 3 heterocycles. The number of rotatable bonds is 4. The Balaban J connectivity index is 1.79. The van der Waals surface area contributed by atoms with Crippen LogP contribution in [0.5, 0.6) is 0 Å². The Morgan fingerprint density at radius 2 is 1.74 bits per heavy atom. The molecule has 2 aromatic carbocycles. The van der Waals surface area contributed by atoms with Gasteiger partial charge in [0, 0.05) is 24.0 Å². The number of aryl methyl sites for hydroxylation is 1. The third kappa shape index (κ3) is 3.43. The van der Waals surface area contributed by atoms with Crippen molar-refractivity contribution in [1.82, 2.24) is 19.5 Å². The zero-order valence-electron chi connectivity index (χ0n) is 17.2. The molecule has 5 rings (SSSR count). The third-order valence-electron chi connectivity index (χ3n) is 5.33. The lowest BCUT2D eigenvalue weighted by Crippen LogP contribution is -2.03. The van der Waals surface area contributed by atoms with Crippen molar-refractivity contribution < 1.29 is 0 Å². The third-order valence-corrected chi connectivity index (χ3v) is 5.33. The number of nitrogens with zero attached hydrogens (tertiary/aromatic N) is 4. The average molecular weight is 406 g/mol. The normalized spacial score (nSPS) is 11.2. The summed E-state index contributed by atoms with van der Waals surface area (Å²) in [6.07, 6.45) is 1.68. The molecule has 0 radical (unpaired) electrons. The first-order valence-corrected chi connectivity index (χ1v) is 10.1. The Hall–Kier alpha value is -4.03. The number of hydrogen-bond acceptors (Lipinski definition) is 5. The van der Waals surface area contributed by atoms with Gasteiger partial charge in [-0.05, 0) is 55.0 Å². The van der Waals surface area contributed by atoms with Crippen molar-refractivity contribution in [1.29, 1.82) is 0 Å². The summed E-state index contributed by atoms with van der Waals surface area (Å²) < 4.78 is 2.03. The molecule has 0 spiro atoms. The minimum atomic E-state index is 0.427. The van der Waals surface area contributed by atoms with Gasteiger partial charge in [-0.2, -0.15) is 0 Å². The van der Waals surface area contributed by atoms with Crippen molar-refractivity contribution in [2.24, 2.45) is 5.73 Å². The Morgan fingerprint density at radius 1 is 0.903 bits per heavy atom. The summed E-state index contributed by atoms with van der Waals surface area (Å²) in [6, 6.07) is 24.2. The SMILES string of the molecule is Cc1cccc(-c2ccc3nc(-c4cccnc4N)n(-c4ccc(CN)cc4)c3n2)c1. The number of anilines is 1. The van der Waals surface area contributed by atoms with Crippen molar-refractivity contribution in [3.8, 4) is 28.3 Å². The van der Waals surface area contributed by atoms with E-state index in [0.717, 1.165) is 39.2 Å². The standard InChI is InChI=1S/C25H22N6/c1-16-4-2-5-18(14-16)21-11-12-22-25(29-21)31(19-9-7-17(15-26)8-10-19)24(30-22)20-6-3-13-28-23(20)27/h2-14H,15,26H2,1H3,(H2,27,28). The molecule has 31 heavy (non-hydrogen) atoms. The quantitative estimate of drug-likeness (QED) is 0.458. The summed E-state index contributed by atoms with van der Waals surface area (Å²) in [5, 5.41) is 0. The zero-order valence-corrected chi connectivity index (χ0v) is 17.2. The van der Waals surface area contributed by atoms with Crippen LogP contribution in [0.25, 0.3) is 39.5 Å². The number of pyridine rings is 2. The van der Waals surface area contributed by atoms with Gasteiger partial charge in [-0.1, -0.05) is 35.9 Å². The Kier molecular flexibility index (Phi) is 4.69. The first kappa shape index (κ1) is 19.0. The monoisotopic (exact) mass is 406 g/mol. The van der Waals surface area contributed by atoms with Crippen LogP contribution in [-0.4, -0.2) is 19.5 Å². The van der Waals surface area contributed by atoms with E-state index in [1.807, 2.05) is 59.2 Å². The first-order chi connectivity index (χ1) is 15.1. The van der Waals surface area contributed by atoms with Crippen LogP contribution in [-0.2, 0) is 6.54 Å². The summed E-state index contributed by atoms with van der Waals surface area (Å²) in [7, 11) is 0. The Morgan fingerprint density at radius 3 is 2.48 bits per heavy atom. The van der Waals surface area contributed by atoms with Gasteiger partial charge >= 0.3 is 0 Å². The van der Waals surface area contributed by atoms with E-state index in [9.17, 15) is 0 Å². The predicted octanol–water partition coefficient (Wildman–Crippen LogP) is 4.50. The summed E-state index contributed by atoms with van der Waals surface area (Å²) >= 11 is 0. The van der Waals surface area contributed by atoms with Crippen LogP contribution in [0.2, 0.25) is 0 Å². The van der Waals surface area contributed by atoms with Crippen molar-refractivity contribution >= 4 is 17.0 Å². The smallest absolute Gasteiger partial charge is 0.165 e. The molecule has 0 unspecified atom stereocenters. The van der Waals surface area contributed by atoms with E-state index in [1.54, 1.807) is 6.20 Å². The molecule has 0 saturated carbocycles. The lowest BCUT2D eigenvalue weighted by molar-refractivity contribution is 1.05. The van der Waals surface area contributed by atoms with Gasteiger partial charge in [-0.15, -0.1) is 0 Å². The van der Waals surface area contributed by atoms with Gasteiger partial charge in [-0.3, -0.25) is 4.57 Å². The van der Waals surface area contributed by atoms with Crippen LogP contribution in [0.3, 0.4) is 0 Å². The molecule has 0 bridgehead atoms. The summed E-state index contributed by atoms with van der Waals surface area (Å²) in [5.74, 6) is 1.13. The average Bonchev–Trinajstić information content (AvgIpc) is 3.18. The van der Waals surface area contributed by atoms with Gasteiger partial charge in [0.1, 0.15) is 11.3 Å². The van der Waals surface area contributed by atoms with Crippen LogP contribution in [0.4, 0.5) is 5.82 Å². The van der Waals surface area contributed by atoms with Gasteiger partial charge in [0.15, 0.2) is 11.5 Å². The maximum Gasteiger partial charge on any atom is 0.165 e. The van der Waals surface area contributed by atoms with Gasteiger partial charge in [-0.25, -0.2) is 15.0 Å². The number of fused-ring (bicyclic) bond motifs is 1. The predicted molar refractivity (Wildman–Crippen MR) is 125 cm³/mol. The fourth-order valence-corrected chi connectivity index (χ4v) is 3.74. The minimum Gasteiger partial charge on any atom is -0.383 e. The Labute approximate surface area is 180 Å². The number of hydrogen-bond donors (Lipinski definition) is 2. The van der Waals surface area contributed by atoms with Crippen molar-refractivity contribution in [3.63, 3.8) is 0 Å². The number of nitrogens with two attached hydrogens (primary N) is 2. The maximum atomic E-state index is 6.20.